The lowest BCUT2D eigenvalue weighted by Gasteiger charge is -2.41. The second-order valence-electron chi connectivity index (χ2n) is 7.83. The van der Waals surface area contributed by atoms with Gasteiger partial charge in [0.25, 0.3) is 5.91 Å². The predicted molar refractivity (Wildman–Crippen MR) is 107 cm³/mol. The Balaban J connectivity index is 1.27. The summed E-state index contributed by atoms with van der Waals surface area (Å²) in [5.41, 5.74) is 4.38. The van der Waals surface area contributed by atoms with Gasteiger partial charge in [-0.05, 0) is 43.4 Å². The van der Waals surface area contributed by atoms with Gasteiger partial charge in [-0.15, -0.1) is 0 Å². The minimum atomic E-state index is 0.0617. The molecule has 1 amide bonds. The molecule has 2 aliphatic rings. The van der Waals surface area contributed by atoms with Crippen LogP contribution in [0.2, 0.25) is 0 Å². The lowest BCUT2D eigenvalue weighted by atomic mass is 9.87. The topological polar surface area (TPSA) is 53.7 Å². The molecule has 1 fully saturated rings. The van der Waals surface area contributed by atoms with Crippen LogP contribution in [0.5, 0.6) is 0 Å². The normalized spacial score (nSPS) is 20.3. The van der Waals surface area contributed by atoms with Gasteiger partial charge in [-0.3, -0.25) is 14.1 Å². The van der Waals surface area contributed by atoms with Gasteiger partial charge in [0.05, 0.1) is 5.69 Å². The highest BCUT2D eigenvalue weighted by atomic mass is 16.2. The summed E-state index contributed by atoms with van der Waals surface area (Å²) in [5.74, 6) is 0.648. The van der Waals surface area contributed by atoms with E-state index >= 15 is 0 Å². The molecule has 6 nitrogen and oxygen atoms in total. The maximum absolute atomic E-state index is 13.2. The van der Waals surface area contributed by atoms with Crippen LogP contribution in [0.4, 0.5) is 0 Å². The average molecular weight is 375 g/mol. The smallest absolute Gasteiger partial charge is 0.272 e. The van der Waals surface area contributed by atoms with Crippen molar-refractivity contribution in [2.24, 2.45) is 0 Å². The van der Waals surface area contributed by atoms with Crippen LogP contribution in [0.25, 0.3) is 5.78 Å². The number of aryl methyl sites for hydroxylation is 2. The minimum Gasteiger partial charge on any atom is -0.335 e. The van der Waals surface area contributed by atoms with Gasteiger partial charge in [0.1, 0.15) is 5.69 Å². The van der Waals surface area contributed by atoms with Gasteiger partial charge < -0.3 is 4.90 Å². The summed E-state index contributed by atoms with van der Waals surface area (Å²) < 4.78 is 1.81. The van der Waals surface area contributed by atoms with Gasteiger partial charge >= 0.3 is 0 Å². The fourth-order valence-electron chi connectivity index (χ4n) is 4.69. The Bertz CT molecular complexity index is 1020. The highest BCUT2D eigenvalue weighted by molar-refractivity contribution is 5.94. The standard InChI is InChI=1S/C22H25N5O/c1-16-20(27-10-4-9-23-22(27)24-16)21(28)26-13-11-25(12-14-26)19-8-7-17-5-2-3-6-18(17)15-19/h2-6,9-10,19H,7-8,11-15H2,1H3/t19-/m0/s1. The van der Waals surface area contributed by atoms with Gasteiger partial charge in [-0.2, -0.15) is 0 Å². The molecule has 144 valence electrons. The summed E-state index contributed by atoms with van der Waals surface area (Å²) in [6.07, 6.45) is 7.07. The quantitative estimate of drug-likeness (QED) is 0.690. The Labute approximate surface area is 164 Å². The van der Waals surface area contributed by atoms with Crippen LogP contribution in [0, 0.1) is 6.92 Å². The number of rotatable bonds is 2. The molecular weight excluding hydrogens is 350 g/mol. The van der Waals surface area contributed by atoms with Crippen molar-refractivity contribution in [2.75, 3.05) is 26.2 Å². The van der Waals surface area contributed by atoms with E-state index in [0.717, 1.165) is 44.7 Å². The Morgan fingerprint density at radius 3 is 2.68 bits per heavy atom. The SMILES string of the molecule is Cc1nc2ncccn2c1C(=O)N1CCN([C@H]2CCc3ccccc3C2)CC1. The maximum Gasteiger partial charge on any atom is 0.272 e. The van der Waals surface area contributed by atoms with Crippen LogP contribution in [0.3, 0.4) is 0 Å². The number of fused-ring (bicyclic) bond motifs is 2. The zero-order chi connectivity index (χ0) is 19.1. The molecule has 0 spiro atoms. The van der Waals surface area contributed by atoms with Crippen LogP contribution >= 0.6 is 0 Å². The Morgan fingerprint density at radius 1 is 1.07 bits per heavy atom. The molecule has 1 saturated heterocycles. The van der Waals surface area contributed by atoms with Crippen LogP contribution < -0.4 is 0 Å². The molecule has 1 aliphatic carbocycles. The van der Waals surface area contributed by atoms with Crippen molar-refractivity contribution in [3.8, 4) is 0 Å². The third-order valence-corrected chi connectivity index (χ3v) is 6.22. The van der Waals surface area contributed by atoms with Gasteiger partial charge in [0.15, 0.2) is 0 Å². The molecule has 0 bridgehead atoms. The average Bonchev–Trinajstić information content (AvgIpc) is 3.08. The number of benzene rings is 1. The molecule has 0 saturated carbocycles. The Hall–Kier alpha value is -2.73. The van der Waals surface area contributed by atoms with Crippen molar-refractivity contribution in [2.45, 2.75) is 32.2 Å². The minimum absolute atomic E-state index is 0.0617. The van der Waals surface area contributed by atoms with Gasteiger partial charge in [0, 0.05) is 44.6 Å². The van der Waals surface area contributed by atoms with E-state index in [0.29, 0.717) is 17.5 Å². The lowest BCUT2D eigenvalue weighted by molar-refractivity contribution is 0.0546. The molecule has 0 N–H and O–H groups in total. The van der Waals surface area contributed by atoms with Crippen molar-refractivity contribution >= 4 is 11.7 Å². The largest absolute Gasteiger partial charge is 0.335 e. The molecule has 0 unspecified atom stereocenters. The number of hydrogen-bond donors (Lipinski definition) is 0. The van der Waals surface area contributed by atoms with Crippen molar-refractivity contribution in [3.05, 3.63) is 65.2 Å². The molecule has 1 atom stereocenters. The molecule has 3 aromatic rings. The fourth-order valence-corrected chi connectivity index (χ4v) is 4.69. The van der Waals surface area contributed by atoms with Crippen LogP contribution in [-0.2, 0) is 12.8 Å². The molecule has 6 heteroatoms. The lowest BCUT2D eigenvalue weighted by Crippen LogP contribution is -2.53. The summed E-state index contributed by atoms with van der Waals surface area (Å²) in [5, 5.41) is 0. The summed E-state index contributed by atoms with van der Waals surface area (Å²) in [6.45, 7) is 5.30. The van der Waals surface area contributed by atoms with Gasteiger partial charge in [-0.1, -0.05) is 24.3 Å². The van der Waals surface area contributed by atoms with E-state index in [-0.39, 0.29) is 5.91 Å². The van der Waals surface area contributed by atoms with E-state index in [2.05, 4.69) is 39.1 Å². The highest BCUT2D eigenvalue weighted by Crippen LogP contribution is 2.25. The van der Waals surface area contributed by atoms with E-state index in [1.807, 2.05) is 28.5 Å². The number of carbonyl (C=O) groups is 1. The van der Waals surface area contributed by atoms with Crippen molar-refractivity contribution < 1.29 is 4.79 Å². The monoisotopic (exact) mass is 375 g/mol. The molecule has 1 aliphatic heterocycles. The molecule has 28 heavy (non-hydrogen) atoms. The fraction of sp³-hybridized carbons (Fsp3) is 0.409. The first-order chi connectivity index (χ1) is 13.7. The molecule has 3 heterocycles. The number of aromatic nitrogens is 3. The first kappa shape index (κ1) is 17.4. The number of hydrogen-bond acceptors (Lipinski definition) is 4. The van der Waals surface area contributed by atoms with E-state index < -0.39 is 0 Å². The Morgan fingerprint density at radius 2 is 1.86 bits per heavy atom. The van der Waals surface area contributed by atoms with Crippen LogP contribution in [0.15, 0.2) is 42.7 Å². The third-order valence-electron chi connectivity index (χ3n) is 6.22. The zero-order valence-electron chi connectivity index (χ0n) is 16.2. The second kappa shape index (κ2) is 7.02. The predicted octanol–water partition coefficient (Wildman–Crippen LogP) is 2.35. The number of carbonyl (C=O) groups excluding carboxylic acids is 1. The summed E-state index contributed by atoms with van der Waals surface area (Å²) in [6, 6.07) is 11.2. The van der Waals surface area contributed by atoms with Crippen molar-refractivity contribution in [1.82, 2.24) is 24.2 Å². The zero-order valence-corrected chi connectivity index (χ0v) is 16.2. The molecule has 5 rings (SSSR count). The first-order valence-electron chi connectivity index (χ1n) is 10.1. The second-order valence-corrected chi connectivity index (χ2v) is 7.83. The van der Waals surface area contributed by atoms with Crippen LogP contribution in [-0.4, -0.2) is 62.3 Å². The maximum atomic E-state index is 13.2. The summed E-state index contributed by atoms with van der Waals surface area (Å²) >= 11 is 0. The number of amides is 1. The van der Waals surface area contributed by atoms with Crippen molar-refractivity contribution in [1.29, 1.82) is 0 Å². The molecule has 0 radical (unpaired) electrons. The van der Waals surface area contributed by atoms with E-state index in [4.69, 9.17) is 0 Å². The summed E-state index contributed by atoms with van der Waals surface area (Å²) in [4.78, 5) is 26.4. The highest BCUT2D eigenvalue weighted by Gasteiger charge is 2.30. The first-order valence-corrected chi connectivity index (χ1v) is 10.1. The third kappa shape index (κ3) is 2.98. The van der Waals surface area contributed by atoms with E-state index in [9.17, 15) is 4.79 Å². The van der Waals surface area contributed by atoms with E-state index in [1.165, 1.54) is 17.5 Å². The van der Waals surface area contributed by atoms with Gasteiger partial charge in [-0.25, -0.2) is 9.97 Å². The van der Waals surface area contributed by atoms with E-state index in [1.54, 1.807) is 6.20 Å². The Kier molecular flexibility index (Phi) is 4.36. The van der Waals surface area contributed by atoms with Crippen molar-refractivity contribution in [3.63, 3.8) is 0 Å². The number of piperazine rings is 1. The van der Waals surface area contributed by atoms with Gasteiger partial charge in [0.2, 0.25) is 5.78 Å². The van der Waals surface area contributed by atoms with Crippen LogP contribution in [0.1, 0.15) is 33.7 Å². The summed E-state index contributed by atoms with van der Waals surface area (Å²) in [7, 11) is 0. The molecule has 2 aromatic heterocycles. The number of imidazole rings is 1. The molecule has 1 aromatic carbocycles. The molecular formula is C22H25N5O. The number of nitrogens with zero attached hydrogens (tertiary/aromatic N) is 5.